The molecule has 2 heterocycles. The van der Waals surface area contributed by atoms with Crippen LogP contribution in [0.3, 0.4) is 0 Å². The van der Waals surface area contributed by atoms with Crippen molar-refractivity contribution >= 4 is 5.95 Å². The highest BCUT2D eigenvalue weighted by Crippen LogP contribution is 2.11. The zero-order valence-corrected chi connectivity index (χ0v) is 9.93. The van der Waals surface area contributed by atoms with E-state index in [1.54, 1.807) is 6.20 Å². The van der Waals surface area contributed by atoms with Gasteiger partial charge in [-0.3, -0.25) is 4.98 Å². The molecule has 2 rings (SSSR count). The molecule has 0 aliphatic rings. The number of hydrogen-bond acceptors (Lipinski definition) is 3. The summed E-state index contributed by atoms with van der Waals surface area (Å²) in [5, 5.41) is 3.20. The summed E-state index contributed by atoms with van der Waals surface area (Å²) in [6.45, 7) is 7.25. The number of anilines is 1. The summed E-state index contributed by atoms with van der Waals surface area (Å²) >= 11 is 0. The molecular weight excluding hydrogens is 212 g/mol. The number of aryl methyl sites for hydroxylation is 1. The Morgan fingerprint density at radius 1 is 1.47 bits per heavy atom. The van der Waals surface area contributed by atoms with Crippen LogP contribution >= 0.6 is 0 Å². The molecule has 0 radical (unpaired) electrons. The smallest absolute Gasteiger partial charge is 0.203 e. The van der Waals surface area contributed by atoms with Crippen LogP contribution in [0.4, 0.5) is 5.95 Å². The van der Waals surface area contributed by atoms with Crippen LogP contribution in [0.15, 0.2) is 43.5 Å². The molecule has 2 aromatic heterocycles. The molecule has 0 aliphatic heterocycles. The van der Waals surface area contributed by atoms with Crippen molar-refractivity contribution < 1.29 is 0 Å². The minimum atomic E-state index is 0.711. The topological polar surface area (TPSA) is 42.7 Å². The number of nitrogens with zero attached hydrogens (tertiary/aromatic N) is 3. The van der Waals surface area contributed by atoms with Crippen LogP contribution in [0.5, 0.6) is 0 Å². The normalized spacial score (nSPS) is 10.2. The molecule has 0 aromatic carbocycles. The average Bonchev–Trinajstić information content (AvgIpc) is 2.77. The largest absolute Gasteiger partial charge is 0.352 e. The second kappa shape index (κ2) is 5.30. The third-order valence-electron chi connectivity index (χ3n) is 2.61. The van der Waals surface area contributed by atoms with Crippen LogP contribution in [0.25, 0.3) is 0 Å². The molecule has 17 heavy (non-hydrogen) atoms. The highest BCUT2D eigenvalue weighted by molar-refractivity contribution is 5.30. The predicted octanol–water partition coefficient (Wildman–Crippen LogP) is 2.23. The minimum absolute atomic E-state index is 0.711. The van der Waals surface area contributed by atoms with Crippen molar-refractivity contribution in [1.29, 1.82) is 0 Å². The van der Waals surface area contributed by atoms with Crippen molar-refractivity contribution in [2.45, 2.75) is 13.5 Å². The van der Waals surface area contributed by atoms with Gasteiger partial charge in [-0.25, -0.2) is 4.98 Å². The Morgan fingerprint density at radius 2 is 2.35 bits per heavy atom. The van der Waals surface area contributed by atoms with Crippen molar-refractivity contribution in [3.63, 3.8) is 0 Å². The summed E-state index contributed by atoms with van der Waals surface area (Å²) in [6, 6.07) is 2.02. The fourth-order valence-corrected chi connectivity index (χ4v) is 1.61. The summed E-state index contributed by atoms with van der Waals surface area (Å²) < 4.78 is 2.06. The Bertz CT molecular complexity index is 502. The van der Waals surface area contributed by atoms with Gasteiger partial charge >= 0.3 is 0 Å². The minimum Gasteiger partial charge on any atom is -0.352 e. The van der Waals surface area contributed by atoms with Gasteiger partial charge in [0.2, 0.25) is 5.95 Å². The molecule has 1 N–H and O–H groups in total. The van der Waals surface area contributed by atoms with Crippen molar-refractivity contribution in [2.24, 2.45) is 0 Å². The van der Waals surface area contributed by atoms with Crippen LogP contribution in [-0.2, 0) is 6.54 Å². The van der Waals surface area contributed by atoms with Crippen LogP contribution in [-0.4, -0.2) is 21.1 Å². The van der Waals surface area contributed by atoms with E-state index < -0.39 is 0 Å². The predicted molar refractivity (Wildman–Crippen MR) is 69.0 cm³/mol. The van der Waals surface area contributed by atoms with Gasteiger partial charge in [-0.2, -0.15) is 0 Å². The molecule has 0 unspecified atom stereocenters. The third-order valence-corrected chi connectivity index (χ3v) is 2.61. The molecule has 2 aromatic rings. The maximum absolute atomic E-state index is 4.26. The van der Waals surface area contributed by atoms with E-state index in [9.17, 15) is 0 Å². The first-order valence-electron chi connectivity index (χ1n) is 5.56. The highest BCUT2D eigenvalue weighted by atomic mass is 15.2. The Kier molecular flexibility index (Phi) is 3.55. The Balaban J connectivity index is 2.16. The van der Waals surface area contributed by atoms with E-state index in [4.69, 9.17) is 0 Å². The second-order valence-corrected chi connectivity index (χ2v) is 3.85. The SMILES string of the molecule is C=CCNc1nccn1Cc1cnccc1C. The number of hydrogen-bond donors (Lipinski definition) is 1. The van der Waals surface area contributed by atoms with Gasteiger partial charge in [-0.15, -0.1) is 6.58 Å². The lowest BCUT2D eigenvalue weighted by Gasteiger charge is -2.10. The first kappa shape index (κ1) is 11.4. The molecule has 4 nitrogen and oxygen atoms in total. The van der Waals surface area contributed by atoms with Gasteiger partial charge in [0, 0.05) is 31.3 Å². The van der Waals surface area contributed by atoms with E-state index >= 15 is 0 Å². The Labute approximate surface area is 101 Å². The van der Waals surface area contributed by atoms with Crippen molar-refractivity contribution in [3.8, 4) is 0 Å². The van der Waals surface area contributed by atoms with Crippen LogP contribution in [0.1, 0.15) is 11.1 Å². The zero-order chi connectivity index (χ0) is 12.1. The molecule has 0 bridgehead atoms. The fourth-order valence-electron chi connectivity index (χ4n) is 1.61. The molecule has 0 spiro atoms. The number of imidazole rings is 1. The summed E-state index contributed by atoms with van der Waals surface area (Å²) in [4.78, 5) is 8.41. The molecule has 0 saturated heterocycles. The van der Waals surface area contributed by atoms with E-state index in [-0.39, 0.29) is 0 Å². The molecule has 0 aliphatic carbocycles. The number of aromatic nitrogens is 3. The molecule has 88 valence electrons. The molecule has 4 heteroatoms. The third kappa shape index (κ3) is 2.72. The summed E-state index contributed by atoms with van der Waals surface area (Å²) in [5.74, 6) is 0.855. The molecular formula is C13H16N4. The average molecular weight is 228 g/mol. The number of nitrogens with one attached hydrogen (secondary N) is 1. The van der Waals surface area contributed by atoms with E-state index in [1.165, 1.54) is 11.1 Å². The maximum atomic E-state index is 4.26. The van der Waals surface area contributed by atoms with Crippen molar-refractivity contribution in [1.82, 2.24) is 14.5 Å². The second-order valence-electron chi connectivity index (χ2n) is 3.85. The number of pyridine rings is 1. The van der Waals surface area contributed by atoms with E-state index in [1.807, 2.05) is 30.7 Å². The van der Waals surface area contributed by atoms with Crippen LogP contribution < -0.4 is 5.32 Å². The van der Waals surface area contributed by atoms with Crippen molar-refractivity contribution in [2.75, 3.05) is 11.9 Å². The molecule has 0 amide bonds. The van der Waals surface area contributed by atoms with Gasteiger partial charge in [0.15, 0.2) is 0 Å². The van der Waals surface area contributed by atoms with Gasteiger partial charge in [0.25, 0.3) is 0 Å². The van der Waals surface area contributed by atoms with Gasteiger partial charge < -0.3 is 9.88 Å². The van der Waals surface area contributed by atoms with E-state index in [0.717, 1.165) is 12.5 Å². The van der Waals surface area contributed by atoms with E-state index in [2.05, 4.69) is 33.4 Å². The lowest BCUT2D eigenvalue weighted by atomic mass is 10.1. The maximum Gasteiger partial charge on any atom is 0.203 e. The van der Waals surface area contributed by atoms with Crippen LogP contribution in [0.2, 0.25) is 0 Å². The molecule has 0 atom stereocenters. The van der Waals surface area contributed by atoms with Crippen LogP contribution in [0, 0.1) is 6.92 Å². The fraction of sp³-hybridized carbons (Fsp3) is 0.231. The Hall–Kier alpha value is -2.10. The summed E-state index contributed by atoms with van der Waals surface area (Å²) in [5.41, 5.74) is 2.44. The monoisotopic (exact) mass is 228 g/mol. The first-order valence-corrected chi connectivity index (χ1v) is 5.56. The van der Waals surface area contributed by atoms with Gasteiger partial charge in [-0.05, 0) is 24.1 Å². The molecule has 0 fully saturated rings. The number of rotatable bonds is 5. The highest BCUT2D eigenvalue weighted by Gasteiger charge is 2.04. The quantitative estimate of drug-likeness (QED) is 0.798. The van der Waals surface area contributed by atoms with E-state index in [0.29, 0.717) is 6.54 Å². The van der Waals surface area contributed by atoms with Gasteiger partial charge in [0.05, 0.1) is 6.54 Å². The standard InChI is InChI=1S/C13H16N4/c1-3-5-15-13-16-7-8-17(13)10-12-9-14-6-4-11(12)2/h3-4,6-9H,1,5,10H2,2H3,(H,15,16). The summed E-state index contributed by atoms with van der Waals surface area (Å²) in [6.07, 6.45) is 9.26. The molecule has 0 saturated carbocycles. The lowest BCUT2D eigenvalue weighted by molar-refractivity contribution is 0.792. The Morgan fingerprint density at radius 3 is 3.12 bits per heavy atom. The van der Waals surface area contributed by atoms with Gasteiger partial charge in [0.1, 0.15) is 0 Å². The first-order chi connectivity index (χ1) is 8.31. The lowest BCUT2D eigenvalue weighted by Crippen LogP contribution is -2.08. The summed E-state index contributed by atoms with van der Waals surface area (Å²) in [7, 11) is 0. The van der Waals surface area contributed by atoms with Gasteiger partial charge in [-0.1, -0.05) is 6.08 Å². The van der Waals surface area contributed by atoms with Crippen molar-refractivity contribution in [3.05, 3.63) is 54.6 Å². The zero-order valence-electron chi connectivity index (χ0n) is 9.93.